The first kappa shape index (κ1) is 19.3. The van der Waals surface area contributed by atoms with E-state index in [4.69, 9.17) is 0 Å². The highest BCUT2D eigenvalue weighted by molar-refractivity contribution is 6.26. The van der Waals surface area contributed by atoms with Crippen molar-refractivity contribution in [1.82, 2.24) is 4.40 Å². The summed E-state index contributed by atoms with van der Waals surface area (Å²) in [5, 5.41) is 6.96. The third-order valence-corrected chi connectivity index (χ3v) is 8.52. The second-order valence-electron chi connectivity index (χ2n) is 10.6. The molecule has 0 saturated heterocycles. The molecule has 2 nitrogen and oxygen atoms in total. The second-order valence-corrected chi connectivity index (χ2v) is 10.6. The molecule has 1 saturated carbocycles. The van der Waals surface area contributed by atoms with E-state index >= 15 is 0 Å². The van der Waals surface area contributed by atoms with Crippen LogP contribution in [0.15, 0.2) is 48.7 Å². The van der Waals surface area contributed by atoms with E-state index in [2.05, 4.69) is 85.4 Å². The van der Waals surface area contributed by atoms with Crippen LogP contribution in [0.4, 0.5) is 0 Å². The van der Waals surface area contributed by atoms with Crippen molar-refractivity contribution in [2.45, 2.75) is 58.8 Å². The lowest BCUT2D eigenvalue weighted by atomic mass is 9.83. The topological polar surface area (TPSA) is 8.29 Å². The zero-order valence-electron chi connectivity index (χ0n) is 20.1. The van der Waals surface area contributed by atoms with Crippen LogP contribution >= 0.6 is 0 Å². The molecule has 1 aliphatic rings. The summed E-state index contributed by atoms with van der Waals surface area (Å²) in [6.07, 6.45) is 9.05. The summed E-state index contributed by atoms with van der Waals surface area (Å²) in [7, 11) is 2.21. The molecule has 6 aromatic rings. The first-order valence-electron chi connectivity index (χ1n) is 12.5. The van der Waals surface area contributed by atoms with E-state index in [9.17, 15) is 0 Å². The lowest BCUT2D eigenvalue weighted by Crippen LogP contribution is -2.29. The van der Waals surface area contributed by atoms with Gasteiger partial charge in [0.05, 0.1) is 27.3 Å². The number of aryl methyl sites for hydroxylation is 4. The summed E-state index contributed by atoms with van der Waals surface area (Å²) in [6, 6.07) is 16.8. The van der Waals surface area contributed by atoms with Crippen LogP contribution in [0, 0.1) is 20.8 Å². The Balaban J connectivity index is 1.79. The Morgan fingerprint density at radius 3 is 2.45 bits per heavy atom. The van der Waals surface area contributed by atoms with Gasteiger partial charge in [-0.2, -0.15) is 0 Å². The molecule has 1 aliphatic carbocycles. The average molecular weight is 432 g/mol. The van der Waals surface area contributed by atoms with E-state index in [0.717, 1.165) is 0 Å². The van der Waals surface area contributed by atoms with Gasteiger partial charge in [-0.25, -0.2) is 4.57 Å². The highest BCUT2D eigenvalue weighted by atomic mass is 15.0. The minimum atomic E-state index is 0.692. The third-order valence-electron chi connectivity index (χ3n) is 8.52. The molecule has 1 fully saturated rings. The Bertz CT molecular complexity index is 1730. The van der Waals surface area contributed by atoms with Gasteiger partial charge in [-0.05, 0) is 85.9 Å². The number of nitrogens with zero attached hydrogens (tertiary/aromatic N) is 2. The van der Waals surface area contributed by atoms with E-state index in [1.807, 2.05) is 0 Å². The van der Waals surface area contributed by atoms with Crippen LogP contribution in [0.3, 0.4) is 0 Å². The third kappa shape index (κ3) is 2.52. The fourth-order valence-corrected chi connectivity index (χ4v) is 6.71. The van der Waals surface area contributed by atoms with Crippen molar-refractivity contribution >= 4 is 49.0 Å². The summed E-state index contributed by atoms with van der Waals surface area (Å²) >= 11 is 0. The number of hydrogen-bond donors (Lipinski definition) is 0. The van der Waals surface area contributed by atoms with Crippen LogP contribution in [0.2, 0.25) is 0 Å². The van der Waals surface area contributed by atoms with Gasteiger partial charge in [0, 0.05) is 16.8 Å². The summed E-state index contributed by atoms with van der Waals surface area (Å²) in [6.45, 7) is 6.78. The first-order valence-corrected chi connectivity index (χ1v) is 12.5. The van der Waals surface area contributed by atoms with Gasteiger partial charge in [0.25, 0.3) is 0 Å². The normalized spacial score (nSPS) is 15.8. The molecule has 0 amide bonds. The quantitative estimate of drug-likeness (QED) is 0.143. The molecule has 33 heavy (non-hydrogen) atoms. The molecular weight excluding hydrogens is 400 g/mol. The van der Waals surface area contributed by atoms with Crippen LogP contribution in [0.25, 0.3) is 49.0 Å². The summed E-state index contributed by atoms with van der Waals surface area (Å²) < 4.78 is 4.94. The molecule has 0 bridgehead atoms. The molecule has 0 aliphatic heterocycles. The van der Waals surface area contributed by atoms with Crippen molar-refractivity contribution in [2.24, 2.45) is 7.05 Å². The van der Waals surface area contributed by atoms with E-state index in [1.54, 1.807) is 0 Å². The van der Waals surface area contributed by atoms with Gasteiger partial charge in [-0.15, -0.1) is 0 Å². The molecule has 0 N–H and O–H groups in total. The van der Waals surface area contributed by atoms with E-state index < -0.39 is 0 Å². The monoisotopic (exact) mass is 431 g/mol. The van der Waals surface area contributed by atoms with E-state index in [-0.39, 0.29) is 0 Å². The number of hydrogen-bond acceptors (Lipinski definition) is 0. The Morgan fingerprint density at radius 2 is 1.64 bits per heavy atom. The van der Waals surface area contributed by atoms with Gasteiger partial charge < -0.3 is 4.40 Å². The molecule has 3 heterocycles. The molecule has 0 atom stereocenters. The standard InChI is InChI=1S/C31H31N2/c1-18-10-11-26-24(14-18)25-15-19(2)20(3)28-30(25)33(26)27-17-23(21-8-6-5-7-9-21)16-22-12-13-32(4)31(28)29(22)27/h10-17,21H,5-9H2,1-4H3/q+1. The van der Waals surface area contributed by atoms with Crippen molar-refractivity contribution in [1.29, 1.82) is 0 Å². The van der Waals surface area contributed by atoms with Crippen molar-refractivity contribution < 1.29 is 4.57 Å². The van der Waals surface area contributed by atoms with Crippen molar-refractivity contribution in [3.05, 3.63) is 70.9 Å². The molecule has 0 radical (unpaired) electrons. The Hall–Kier alpha value is -3.13. The van der Waals surface area contributed by atoms with Crippen LogP contribution in [0.1, 0.15) is 60.3 Å². The van der Waals surface area contributed by atoms with Gasteiger partial charge >= 0.3 is 0 Å². The van der Waals surface area contributed by atoms with Crippen LogP contribution in [-0.4, -0.2) is 4.40 Å². The molecule has 7 rings (SSSR count). The van der Waals surface area contributed by atoms with E-state index in [1.165, 1.54) is 103 Å². The molecule has 164 valence electrons. The predicted octanol–water partition coefficient (Wildman–Crippen LogP) is 7.79. The highest BCUT2D eigenvalue weighted by Crippen LogP contribution is 2.43. The smallest absolute Gasteiger partial charge is 0.224 e. The number of benzene rings is 3. The number of fused-ring (bicyclic) bond motifs is 5. The first-order chi connectivity index (χ1) is 16.0. The fraction of sp³-hybridized carbons (Fsp3) is 0.323. The summed E-state index contributed by atoms with van der Waals surface area (Å²) in [5.41, 5.74) is 11.1. The molecule has 0 spiro atoms. The van der Waals surface area contributed by atoms with Crippen molar-refractivity contribution in [3.8, 4) is 0 Å². The van der Waals surface area contributed by atoms with Gasteiger partial charge in [0.2, 0.25) is 5.52 Å². The largest absolute Gasteiger partial charge is 0.307 e. The lowest BCUT2D eigenvalue weighted by molar-refractivity contribution is -0.643. The average Bonchev–Trinajstić information content (AvgIpc) is 3.14. The lowest BCUT2D eigenvalue weighted by Gasteiger charge is -2.23. The number of pyridine rings is 2. The Kier molecular flexibility index (Phi) is 3.93. The summed E-state index contributed by atoms with van der Waals surface area (Å²) in [4.78, 5) is 0. The van der Waals surface area contributed by atoms with Crippen LogP contribution in [0.5, 0.6) is 0 Å². The number of rotatable bonds is 1. The Labute approximate surface area is 194 Å². The predicted molar refractivity (Wildman–Crippen MR) is 140 cm³/mol. The maximum Gasteiger partial charge on any atom is 0.224 e. The molecular formula is C31H31N2+. The minimum absolute atomic E-state index is 0.692. The fourth-order valence-electron chi connectivity index (χ4n) is 6.71. The summed E-state index contributed by atoms with van der Waals surface area (Å²) in [5.74, 6) is 0.692. The van der Waals surface area contributed by atoms with Gasteiger partial charge in [0.1, 0.15) is 7.05 Å². The molecule has 3 aromatic heterocycles. The second kappa shape index (κ2) is 6.70. The molecule has 2 heteroatoms. The van der Waals surface area contributed by atoms with Crippen LogP contribution < -0.4 is 4.57 Å². The maximum atomic E-state index is 2.59. The van der Waals surface area contributed by atoms with Gasteiger partial charge in [-0.3, -0.25) is 0 Å². The number of aromatic nitrogens is 2. The van der Waals surface area contributed by atoms with E-state index in [0.29, 0.717) is 5.92 Å². The molecule has 3 aromatic carbocycles. The minimum Gasteiger partial charge on any atom is -0.307 e. The van der Waals surface area contributed by atoms with Gasteiger partial charge in [-0.1, -0.05) is 37.0 Å². The zero-order chi connectivity index (χ0) is 22.4. The maximum absolute atomic E-state index is 2.59. The van der Waals surface area contributed by atoms with Crippen molar-refractivity contribution in [2.75, 3.05) is 0 Å². The SMILES string of the molecule is Cc1ccc2c(c1)c1cc(C)c(C)c3c1n2c1cc(C2CCCCC2)cc2cc[n+](C)c3c21. The Morgan fingerprint density at radius 1 is 0.818 bits per heavy atom. The van der Waals surface area contributed by atoms with Crippen molar-refractivity contribution in [3.63, 3.8) is 0 Å². The molecule has 0 unspecified atom stereocenters. The highest BCUT2D eigenvalue weighted by Gasteiger charge is 2.26. The van der Waals surface area contributed by atoms with Crippen LogP contribution in [-0.2, 0) is 7.05 Å². The van der Waals surface area contributed by atoms with Gasteiger partial charge in [0.15, 0.2) is 6.20 Å². The zero-order valence-corrected chi connectivity index (χ0v) is 20.1.